The Morgan fingerprint density at radius 2 is 2.05 bits per heavy atom. The average molecular weight is 355 g/mol. The van der Waals surface area contributed by atoms with Crippen LogP contribution in [0, 0.1) is 10.1 Å². The highest BCUT2D eigenvalue weighted by Gasteiger charge is 2.25. The Morgan fingerprint density at radius 1 is 1.43 bits per heavy atom. The molecule has 0 aromatic heterocycles. The van der Waals surface area contributed by atoms with E-state index in [9.17, 15) is 23.3 Å². The fourth-order valence-electron chi connectivity index (χ4n) is 1.51. The first-order valence-electron chi connectivity index (χ1n) is 5.89. The molecular formula is C11H12Cl2N2O5S. The van der Waals surface area contributed by atoms with Crippen LogP contribution in [-0.2, 0) is 9.05 Å². The number of carbonyl (C=O) groups is 1. The summed E-state index contributed by atoms with van der Waals surface area (Å²) in [5, 5.41) is 12.9. The minimum atomic E-state index is -4.31. The molecule has 10 heteroatoms. The van der Waals surface area contributed by atoms with Gasteiger partial charge in [0.25, 0.3) is 20.6 Å². The largest absolute Gasteiger partial charge is 0.352 e. The van der Waals surface area contributed by atoms with Crippen LogP contribution >= 0.6 is 22.3 Å². The van der Waals surface area contributed by atoms with E-state index in [1.165, 1.54) is 0 Å². The predicted molar refractivity (Wildman–Crippen MR) is 78.4 cm³/mol. The normalized spacial score (nSPS) is 11.2. The summed E-state index contributed by atoms with van der Waals surface area (Å²) in [6, 6.07) is 1.63. The van der Waals surface area contributed by atoms with Gasteiger partial charge in [0, 0.05) is 29.4 Å². The van der Waals surface area contributed by atoms with Gasteiger partial charge >= 0.3 is 0 Å². The van der Waals surface area contributed by atoms with Crippen LogP contribution in [0.25, 0.3) is 0 Å². The Labute approximate surface area is 130 Å². The molecule has 21 heavy (non-hydrogen) atoms. The van der Waals surface area contributed by atoms with Crippen molar-refractivity contribution in [1.29, 1.82) is 0 Å². The van der Waals surface area contributed by atoms with Crippen LogP contribution in [0.4, 0.5) is 5.69 Å². The van der Waals surface area contributed by atoms with Crippen molar-refractivity contribution >= 4 is 42.9 Å². The SMILES string of the molecule is CCCCNC(=O)c1cc([N+](=O)[O-])cc(S(=O)(=O)Cl)c1Cl. The molecule has 1 rings (SSSR count). The monoisotopic (exact) mass is 354 g/mol. The second kappa shape index (κ2) is 7.06. The first-order valence-corrected chi connectivity index (χ1v) is 8.58. The van der Waals surface area contributed by atoms with E-state index in [1.807, 2.05) is 6.92 Å². The molecule has 0 atom stereocenters. The minimum absolute atomic E-state index is 0.304. The number of non-ortho nitro benzene ring substituents is 1. The van der Waals surface area contributed by atoms with Crippen LogP contribution in [0.1, 0.15) is 30.1 Å². The molecule has 0 bridgehead atoms. The molecule has 0 heterocycles. The molecule has 1 aromatic rings. The number of nitro benzene ring substituents is 1. The maximum atomic E-state index is 11.9. The number of nitro groups is 1. The van der Waals surface area contributed by atoms with Crippen molar-refractivity contribution in [3.63, 3.8) is 0 Å². The van der Waals surface area contributed by atoms with E-state index in [4.69, 9.17) is 22.3 Å². The average Bonchev–Trinajstić information content (AvgIpc) is 2.37. The second-order valence-electron chi connectivity index (χ2n) is 4.11. The van der Waals surface area contributed by atoms with Gasteiger partial charge in [-0.2, -0.15) is 0 Å². The maximum absolute atomic E-state index is 11.9. The number of carbonyl (C=O) groups excluding carboxylic acids is 1. The van der Waals surface area contributed by atoms with Gasteiger partial charge in [0.1, 0.15) is 4.90 Å². The van der Waals surface area contributed by atoms with Crippen molar-refractivity contribution < 1.29 is 18.1 Å². The van der Waals surface area contributed by atoms with E-state index >= 15 is 0 Å². The lowest BCUT2D eigenvalue weighted by molar-refractivity contribution is -0.385. The standard InChI is InChI=1S/C11H12Cl2N2O5S/c1-2-3-4-14-11(16)8-5-7(15(17)18)6-9(10(8)12)21(13,19)20/h5-6H,2-4H2,1H3,(H,14,16). The summed E-state index contributed by atoms with van der Waals surface area (Å²) in [7, 11) is 0.863. The first kappa shape index (κ1) is 17.7. The molecule has 0 saturated heterocycles. The number of nitrogens with one attached hydrogen (secondary N) is 1. The van der Waals surface area contributed by atoms with Gasteiger partial charge in [0.15, 0.2) is 0 Å². The highest BCUT2D eigenvalue weighted by Crippen LogP contribution is 2.32. The van der Waals surface area contributed by atoms with Gasteiger partial charge in [-0.3, -0.25) is 14.9 Å². The summed E-state index contributed by atoms with van der Waals surface area (Å²) >= 11 is 5.83. The molecule has 0 unspecified atom stereocenters. The molecule has 0 spiro atoms. The Balaban J connectivity index is 3.34. The molecule has 1 amide bonds. The lowest BCUT2D eigenvalue weighted by atomic mass is 10.2. The molecule has 0 aliphatic rings. The fraction of sp³-hybridized carbons (Fsp3) is 0.364. The fourth-order valence-corrected chi connectivity index (χ4v) is 3.07. The molecule has 1 N–H and O–H groups in total. The zero-order valence-corrected chi connectivity index (χ0v) is 13.3. The molecule has 0 saturated carbocycles. The van der Waals surface area contributed by atoms with Gasteiger partial charge in [0.05, 0.1) is 15.5 Å². The van der Waals surface area contributed by atoms with Crippen LogP contribution in [0.5, 0.6) is 0 Å². The number of hydrogen-bond acceptors (Lipinski definition) is 5. The quantitative estimate of drug-likeness (QED) is 0.365. The third kappa shape index (κ3) is 4.55. The molecule has 0 fully saturated rings. The maximum Gasteiger partial charge on any atom is 0.271 e. The molecule has 116 valence electrons. The van der Waals surface area contributed by atoms with Crippen molar-refractivity contribution in [3.8, 4) is 0 Å². The lowest BCUT2D eigenvalue weighted by Crippen LogP contribution is -2.25. The second-order valence-corrected chi connectivity index (χ2v) is 7.02. The summed E-state index contributed by atoms with van der Waals surface area (Å²) in [6.07, 6.45) is 1.54. The van der Waals surface area contributed by atoms with E-state index in [0.29, 0.717) is 19.0 Å². The van der Waals surface area contributed by atoms with Gasteiger partial charge < -0.3 is 5.32 Å². The van der Waals surface area contributed by atoms with Crippen LogP contribution in [0.2, 0.25) is 5.02 Å². The van der Waals surface area contributed by atoms with Crippen molar-refractivity contribution in [2.24, 2.45) is 0 Å². The first-order chi connectivity index (χ1) is 9.68. The summed E-state index contributed by atoms with van der Waals surface area (Å²) in [6.45, 7) is 2.27. The lowest BCUT2D eigenvalue weighted by Gasteiger charge is -2.08. The van der Waals surface area contributed by atoms with Crippen molar-refractivity contribution in [2.45, 2.75) is 24.7 Å². The van der Waals surface area contributed by atoms with E-state index in [2.05, 4.69) is 5.32 Å². The number of hydrogen-bond donors (Lipinski definition) is 1. The number of rotatable bonds is 6. The van der Waals surface area contributed by atoms with Crippen molar-refractivity contribution in [1.82, 2.24) is 5.32 Å². The van der Waals surface area contributed by atoms with Crippen LogP contribution < -0.4 is 5.32 Å². The molecule has 7 nitrogen and oxygen atoms in total. The summed E-state index contributed by atoms with van der Waals surface area (Å²) in [5.41, 5.74) is -0.888. The number of nitrogens with zero attached hydrogens (tertiary/aromatic N) is 1. The highest BCUT2D eigenvalue weighted by molar-refractivity contribution is 8.13. The molecule has 0 aliphatic heterocycles. The molecule has 0 radical (unpaired) electrons. The van der Waals surface area contributed by atoms with Crippen molar-refractivity contribution in [3.05, 3.63) is 32.8 Å². The number of amides is 1. The van der Waals surface area contributed by atoms with Crippen LogP contribution in [-0.4, -0.2) is 25.8 Å². The van der Waals surface area contributed by atoms with Gasteiger partial charge in [-0.15, -0.1) is 0 Å². The Bertz CT molecular complexity index is 675. The summed E-state index contributed by atoms with van der Waals surface area (Å²) < 4.78 is 22.8. The Morgan fingerprint density at radius 3 is 2.52 bits per heavy atom. The molecule has 1 aromatic carbocycles. The zero-order valence-electron chi connectivity index (χ0n) is 10.9. The van der Waals surface area contributed by atoms with Crippen LogP contribution in [0.15, 0.2) is 17.0 Å². The van der Waals surface area contributed by atoms with Gasteiger partial charge in [-0.1, -0.05) is 24.9 Å². The molecular weight excluding hydrogens is 343 g/mol. The minimum Gasteiger partial charge on any atom is -0.352 e. The third-order valence-electron chi connectivity index (χ3n) is 2.56. The van der Waals surface area contributed by atoms with E-state index in [-0.39, 0.29) is 5.56 Å². The van der Waals surface area contributed by atoms with Gasteiger partial charge in [0.2, 0.25) is 0 Å². The van der Waals surface area contributed by atoms with E-state index < -0.39 is 35.5 Å². The number of unbranched alkanes of at least 4 members (excludes halogenated alkanes) is 1. The Kier molecular flexibility index (Phi) is 5.94. The van der Waals surface area contributed by atoms with Crippen molar-refractivity contribution in [2.75, 3.05) is 6.54 Å². The van der Waals surface area contributed by atoms with E-state index in [0.717, 1.165) is 12.5 Å². The topological polar surface area (TPSA) is 106 Å². The van der Waals surface area contributed by atoms with E-state index in [1.54, 1.807) is 0 Å². The highest BCUT2D eigenvalue weighted by atomic mass is 35.7. The zero-order chi connectivity index (χ0) is 16.2. The summed E-state index contributed by atoms with van der Waals surface area (Å²) in [4.78, 5) is 21.3. The van der Waals surface area contributed by atoms with Gasteiger partial charge in [-0.25, -0.2) is 8.42 Å². The number of halogens is 2. The summed E-state index contributed by atoms with van der Waals surface area (Å²) in [5.74, 6) is -0.696. The van der Waals surface area contributed by atoms with Gasteiger partial charge in [-0.05, 0) is 6.42 Å². The third-order valence-corrected chi connectivity index (χ3v) is 4.42. The smallest absolute Gasteiger partial charge is 0.271 e. The Hall–Kier alpha value is -1.38. The predicted octanol–water partition coefficient (Wildman–Crippen LogP) is 2.71. The number of benzene rings is 1. The van der Waals surface area contributed by atoms with Crippen LogP contribution in [0.3, 0.4) is 0 Å². The molecule has 0 aliphatic carbocycles.